The molecule has 0 saturated carbocycles. The zero-order valence-corrected chi connectivity index (χ0v) is 11.3. The second kappa shape index (κ2) is 11.3. The fraction of sp³-hybridized carbons (Fsp3) is 0.125. The Balaban J connectivity index is 0. The average Bonchev–Trinajstić information content (AvgIpc) is 2.67. The maximum absolute atomic E-state index is 10.6. The molecule has 1 aromatic heterocycles. The van der Waals surface area contributed by atoms with E-state index in [1.165, 1.54) is 0 Å². The topological polar surface area (TPSA) is 153 Å². The molecule has 0 bridgehead atoms. The molecule has 9 nitrogen and oxygen atoms in total. The Bertz CT molecular complexity index is 580. The third kappa shape index (κ3) is 11.0. The van der Waals surface area contributed by atoms with Gasteiger partial charge in [-0.25, -0.2) is 0 Å². The van der Waals surface area contributed by atoms with Crippen LogP contribution in [0.1, 0.15) is 0 Å². The normalized spacial score (nSPS) is 10.1. The van der Waals surface area contributed by atoms with Gasteiger partial charge in [0.05, 0.1) is 0 Å². The molecule has 0 atom stereocenters. The first-order valence-electron chi connectivity index (χ1n) is 4.84. The molecule has 1 heterocycles. The average molecular weight is 358 g/mol. The summed E-state index contributed by atoms with van der Waals surface area (Å²) in [6, 6.07) is 7.18. The summed E-state index contributed by atoms with van der Waals surface area (Å²) < 4.78 is 24.5. The molecule has 110 valence electrons. The molecule has 5 N–H and O–H groups in total. The zero-order chi connectivity index (χ0) is 14.5. The molecule has 0 aliphatic heterocycles. The van der Waals surface area contributed by atoms with E-state index in [-0.39, 0.29) is 65.1 Å². The summed E-state index contributed by atoms with van der Waals surface area (Å²) in [5.74, 6) is 0. The maximum atomic E-state index is 10.6. The molecule has 0 spiro atoms. The fourth-order valence-corrected chi connectivity index (χ4v) is 1.46. The van der Waals surface area contributed by atoms with Gasteiger partial charge >= 0.3 is 75.0 Å². The van der Waals surface area contributed by atoms with Gasteiger partial charge in [-0.15, -0.1) is 0 Å². The van der Waals surface area contributed by atoms with E-state index in [1.807, 2.05) is 0 Å². The fourth-order valence-electron chi connectivity index (χ4n) is 1.12. The van der Waals surface area contributed by atoms with Gasteiger partial charge < -0.3 is 29.3 Å². The molecular weight excluding hydrogens is 344 g/mol. The van der Waals surface area contributed by atoms with E-state index in [1.54, 1.807) is 24.3 Å². The van der Waals surface area contributed by atoms with Crippen LogP contribution in [0.15, 0.2) is 28.7 Å². The number of aromatic nitrogens is 1. The van der Waals surface area contributed by atoms with Gasteiger partial charge in [0.15, 0.2) is 5.58 Å². The number of nitrogens with zero attached hydrogens (tertiary/aromatic N) is 1. The molecule has 1 aromatic carbocycles. The summed E-state index contributed by atoms with van der Waals surface area (Å²) in [5.41, 5.74) is 1.22. The van der Waals surface area contributed by atoms with Gasteiger partial charge in [-0.2, -0.15) is 4.98 Å². The quantitative estimate of drug-likeness (QED) is 0.359. The van der Waals surface area contributed by atoms with Crippen LogP contribution < -0.4 is 5.32 Å². The van der Waals surface area contributed by atoms with Gasteiger partial charge in [0.2, 0.25) is 0 Å². The van der Waals surface area contributed by atoms with Gasteiger partial charge in [-0.1, -0.05) is 12.1 Å². The van der Waals surface area contributed by atoms with Crippen LogP contribution in [0.2, 0.25) is 0 Å². The monoisotopic (exact) mass is 358 g/mol. The Morgan fingerprint density at radius 1 is 1.24 bits per heavy atom. The van der Waals surface area contributed by atoms with E-state index in [4.69, 9.17) is 28.6 Å². The summed E-state index contributed by atoms with van der Waals surface area (Å²) in [4.78, 5) is 35.6. The molecule has 0 radical (unpaired) electrons. The predicted molar refractivity (Wildman–Crippen MR) is 82.3 cm³/mol. The van der Waals surface area contributed by atoms with Crippen LogP contribution in [0, 0.1) is 0 Å². The number of anilines is 1. The minimum absolute atomic E-state index is 0. The van der Waals surface area contributed by atoms with Crippen molar-refractivity contribution in [2.75, 3.05) is 11.6 Å². The molecule has 0 aliphatic carbocycles. The molecule has 0 unspecified atom stereocenters. The van der Waals surface area contributed by atoms with Crippen molar-refractivity contribution in [1.29, 1.82) is 0 Å². The number of benzene rings is 1. The Kier molecular flexibility index (Phi) is 13.0. The van der Waals surface area contributed by atoms with Gasteiger partial charge in [-0.05, 0) is 12.1 Å². The molecule has 2 aromatic rings. The number of fused-ring (bicyclic) bond motifs is 1. The van der Waals surface area contributed by atoms with Crippen LogP contribution >= 0.6 is 15.9 Å². The third-order valence-electron chi connectivity index (χ3n) is 1.73. The number of hydrogen-bond donors (Lipinski definition) is 5. The zero-order valence-electron chi connectivity index (χ0n) is 9.42. The van der Waals surface area contributed by atoms with Crippen LogP contribution in [0.5, 0.6) is 0 Å². The van der Waals surface area contributed by atoms with E-state index in [0.29, 0.717) is 11.1 Å². The van der Waals surface area contributed by atoms with E-state index in [2.05, 4.69) is 10.3 Å². The molecule has 0 aliphatic rings. The Labute approximate surface area is 164 Å². The molecule has 21 heavy (non-hydrogen) atoms. The summed E-state index contributed by atoms with van der Waals surface area (Å²) in [7, 11) is -7.22. The Morgan fingerprint density at radius 2 is 1.76 bits per heavy atom. The van der Waals surface area contributed by atoms with E-state index >= 15 is 0 Å². The van der Waals surface area contributed by atoms with E-state index in [0.717, 1.165) is 0 Å². The van der Waals surface area contributed by atoms with Crippen LogP contribution in [0.25, 0.3) is 11.1 Å². The molecule has 13 heteroatoms. The van der Waals surface area contributed by atoms with Crippen LogP contribution in [0.3, 0.4) is 0 Å². The van der Waals surface area contributed by atoms with E-state index < -0.39 is 22.1 Å². The van der Waals surface area contributed by atoms with Gasteiger partial charge in [-0.3, -0.25) is 9.13 Å². The first-order chi connectivity index (χ1) is 8.78. The van der Waals surface area contributed by atoms with Crippen molar-refractivity contribution < 1.29 is 33.1 Å². The first kappa shape index (κ1) is 24.0. The Morgan fingerprint density at radius 3 is 2.24 bits per heavy atom. The molecule has 0 fully saturated rings. The van der Waals surface area contributed by atoms with Crippen molar-refractivity contribution in [3.8, 4) is 0 Å². The number of nitrogens with one attached hydrogen (secondary N) is 1. The number of rotatable bonds is 3. The number of para-hydroxylation sites is 2. The van der Waals surface area contributed by atoms with E-state index in [9.17, 15) is 4.57 Å². The van der Waals surface area contributed by atoms with Crippen LogP contribution in [-0.4, -0.2) is 90.0 Å². The summed E-state index contributed by atoms with van der Waals surface area (Å²) in [5, 5.41) is 2.43. The predicted octanol–water partition coefficient (Wildman–Crippen LogP) is -0.561. The van der Waals surface area contributed by atoms with Crippen molar-refractivity contribution in [3.63, 3.8) is 0 Å². The standard InChI is InChI=1S/C8H9N2O4P.2Na.H3O3P.2H/c11-15(12,13)5-9-8-10-6-3-1-2-4-7(6)14-8;;;1-4(2)3;;/h1-4H,5H2,(H,9,10)(H2,11,12,13);;;4H,(H2,1,2,3);;. The molecule has 0 amide bonds. The summed E-state index contributed by atoms with van der Waals surface area (Å²) in [6.07, 6.45) is -0.486. The van der Waals surface area contributed by atoms with Crippen molar-refractivity contribution in [2.24, 2.45) is 0 Å². The second-order valence-corrected chi connectivity index (χ2v) is 5.48. The molecule has 0 saturated heterocycles. The van der Waals surface area contributed by atoms with Crippen LogP contribution in [0.4, 0.5) is 6.01 Å². The molecule has 2 rings (SSSR count). The number of oxazole rings is 1. The number of hydrogen-bond acceptors (Lipinski definition) is 5. The summed E-state index contributed by atoms with van der Waals surface area (Å²) in [6.45, 7) is 0. The molecular formula is C8H14N2Na2O7P2. The van der Waals surface area contributed by atoms with Crippen molar-refractivity contribution in [3.05, 3.63) is 24.3 Å². The van der Waals surface area contributed by atoms with Crippen molar-refractivity contribution in [2.45, 2.75) is 0 Å². The van der Waals surface area contributed by atoms with Crippen molar-refractivity contribution >= 4 is 92.1 Å². The summed E-state index contributed by atoms with van der Waals surface area (Å²) >= 11 is 0. The second-order valence-electron chi connectivity index (χ2n) is 3.27. The first-order valence-corrected chi connectivity index (χ1v) is 7.94. The minimum atomic E-state index is -4.09. The Hall–Kier alpha value is 0.790. The van der Waals surface area contributed by atoms with Gasteiger partial charge in [0, 0.05) is 0 Å². The van der Waals surface area contributed by atoms with Gasteiger partial charge in [0.25, 0.3) is 6.01 Å². The third-order valence-corrected chi connectivity index (χ3v) is 2.30. The van der Waals surface area contributed by atoms with Crippen LogP contribution in [-0.2, 0) is 9.13 Å². The van der Waals surface area contributed by atoms with Crippen molar-refractivity contribution in [1.82, 2.24) is 4.98 Å². The SMILES string of the molecule is O=P(O)(O)CNc1nc2ccccc2o1.O=[PH](O)O.[NaH].[NaH]. The van der Waals surface area contributed by atoms with Gasteiger partial charge in [0.1, 0.15) is 11.8 Å².